The van der Waals surface area contributed by atoms with E-state index in [-0.39, 0.29) is 49.7 Å². The topological polar surface area (TPSA) is 105 Å². The highest BCUT2D eigenvalue weighted by Crippen LogP contribution is 2.30. The van der Waals surface area contributed by atoms with Gasteiger partial charge in [0.1, 0.15) is 6.04 Å². The zero-order valence-electron chi connectivity index (χ0n) is 19.8. The van der Waals surface area contributed by atoms with Crippen molar-refractivity contribution >= 4 is 17.8 Å². The molecule has 1 N–H and O–H groups in total. The molecule has 2 aliphatic heterocycles. The highest BCUT2D eigenvalue weighted by molar-refractivity contribution is 5.99. The summed E-state index contributed by atoms with van der Waals surface area (Å²) < 4.78 is 7.33. The SMILES string of the molecule is O=C1CCOCC1n1cnc(C(=O)N2CCN(C(=O)O)C[C@H]2Cc2ccccc2)c1-c1ccccc1. The number of amides is 2. The zero-order valence-corrected chi connectivity index (χ0v) is 19.8. The summed E-state index contributed by atoms with van der Waals surface area (Å²) in [6.07, 6.45) is 1.39. The van der Waals surface area contributed by atoms with E-state index in [0.717, 1.165) is 11.1 Å². The minimum atomic E-state index is -0.995. The first-order valence-corrected chi connectivity index (χ1v) is 12.1. The number of ether oxygens (including phenoxy) is 1. The summed E-state index contributed by atoms with van der Waals surface area (Å²) in [5, 5.41) is 9.59. The third-order valence-corrected chi connectivity index (χ3v) is 6.85. The highest BCUT2D eigenvalue weighted by atomic mass is 16.5. The van der Waals surface area contributed by atoms with Gasteiger partial charge in [-0.25, -0.2) is 9.78 Å². The number of carbonyl (C=O) groups excluding carboxylic acids is 2. The Morgan fingerprint density at radius 3 is 2.44 bits per heavy atom. The lowest BCUT2D eigenvalue weighted by atomic mass is 10.0. The third kappa shape index (κ3) is 4.74. The molecule has 9 nitrogen and oxygen atoms in total. The number of hydrogen-bond acceptors (Lipinski definition) is 5. The van der Waals surface area contributed by atoms with Gasteiger partial charge in [-0.15, -0.1) is 0 Å². The predicted molar refractivity (Wildman–Crippen MR) is 132 cm³/mol. The summed E-state index contributed by atoms with van der Waals surface area (Å²) in [5.41, 5.74) is 2.62. The van der Waals surface area contributed by atoms with E-state index in [9.17, 15) is 19.5 Å². The number of nitrogens with zero attached hydrogens (tertiary/aromatic N) is 4. The predicted octanol–water partition coefficient (Wildman–Crippen LogP) is 3.13. The molecule has 0 aliphatic carbocycles. The molecule has 0 spiro atoms. The number of hydrogen-bond donors (Lipinski definition) is 1. The van der Waals surface area contributed by atoms with E-state index in [1.54, 1.807) is 15.8 Å². The largest absolute Gasteiger partial charge is 0.465 e. The molecule has 2 fully saturated rings. The van der Waals surface area contributed by atoms with Crippen molar-refractivity contribution in [2.45, 2.75) is 24.9 Å². The number of Topliss-reactive ketones (excluding diaryl/α,β-unsaturated/α-hetero) is 1. The maximum Gasteiger partial charge on any atom is 0.407 e. The third-order valence-electron chi connectivity index (χ3n) is 6.85. The van der Waals surface area contributed by atoms with E-state index in [2.05, 4.69) is 4.98 Å². The monoisotopic (exact) mass is 488 g/mol. The molecule has 36 heavy (non-hydrogen) atoms. The lowest BCUT2D eigenvalue weighted by Crippen LogP contribution is -2.57. The van der Waals surface area contributed by atoms with Crippen molar-refractivity contribution in [2.75, 3.05) is 32.8 Å². The molecule has 2 atom stereocenters. The Morgan fingerprint density at radius 1 is 1.03 bits per heavy atom. The van der Waals surface area contributed by atoms with Crippen molar-refractivity contribution in [3.63, 3.8) is 0 Å². The first-order chi connectivity index (χ1) is 17.5. The lowest BCUT2D eigenvalue weighted by Gasteiger charge is -2.40. The number of ketones is 1. The Balaban J connectivity index is 1.52. The molecule has 2 aliphatic rings. The van der Waals surface area contributed by atoms with Gasteiger partial charge in [-0.3, -0.25) is 9.59 Å². The molecule has 9 heteroatoms. The van der Waals surface area contributed by atoms with Crippen molar-refractivity contribution < 1.29 is 24.2 Å². The number of imidazole rings is 1. The zero-order chi connectivity index (χ0) is 25.1. The van der Waals surface area contributed by atoms with Crippen LogP contribution in [0, 0.1) is 0 Å². The highest BCUT2D eigenvalue weighted by Gasteiger charge is 2.36. The van der Waals surface area contributed by atoms with Crippen LogP contribution in [0.1, 0.15) is 28.5 Å². The van der Waals surface area contributed by atoms with E-state index in [0.29, 0.717) is 25.1 Å². The molecule has 3 aromatic rings. The normalized spacial score (nSPS) is 20.4. The van der Waals surface area contributed by atoms with Gasteiger partial charge >= 0.3 is 6.09 Å². The number of piperazine rings is 1. The van der Waals surface area contributed by atoms with E-state index in [1.165, 1.54) is 4.90 Å². The fourth-order valence-corrected chi connectivity index (χ4v) is 4.99. The van der Waals surface area contributed by atoms with Crippen LogP contribution in [0.2, 0.25) is 0 Å². The van der Waals surface area contributed by atoms with Gasteiger partial charge in [0.2, 0.25) is 0 Å². The Labute approximate surface area is 208 Å². The van der Waals surface area contributed by atoms with Gasteiger partial charge in [-0.1, -0.05) is 60.7 Å². The van der Waals surface area contributed by atoms with Crippen LogP contribution in [0.25, 0.3) is 11.3 Å². The molecule has 2 saturated heterocycles. The summed E-state index contributed by atoms with van der Waals surface area (Å²) in [7, 11) is 0. The molecule has 1 unspecified atom stereocenters. The number of carbonyl (C=O) groups is 3. The number of aromatic nitrogens is 2. The quantitative estimate of drug-likeness (QED) is 0.592. The minimum Gasteiger partial charge on any atom is -0.465 e. The molecule has 5 rings (SSSR count). The molecule has 0 bridgehead atoms. The van der Waals surface area contributed by atoms with E-state index in [1.807, 2.05) is 60.7 Å². The second kappa shape index (κ2) is 10.3. The summed E-state index contributed by atoms with van der Waals surface area (Å²) in [6.45, 7) is 1.33. The van der Waals surface area contributed by atoms with Crippen LogP contribution < -0.4 is 0 Å². The Morgan fingerprint density at radius 2 is 1.75 bits per heavy atom. The van der Waals surface area contributed by atoms with Gasteiger partial charge in [-0.05, 0) is 12.0 Å². The van der Waals surface area contributed by atoms with Crippen LogP contribution in [0.15, 0.2) is 67.0 Å². The van der Waals surface area contributed by atoms with Crippen molar-refractivity contribution in [3.05, 3.63) is 78.2 Å². The average Bonchev–Trinajstić information content (AvgIpc) is 3.34. The van der Waals surface area contributed by atoms with Crippen molar-refractivity contribution in [1.29, 1.82) is 0 Å². The van der Waals surface area contributed by atoms with Crippen LogP contribution in [0.5, 0.6) is 0 Å². The molecule has 2 aromatic carbocycles. The molecule has 186 valence electrons. The first kappa shape index (κ1) is 23.7. The number of benzene rings is 2. The summed E-state index contributed by atoms with van der Waals surface area (Å²) in [5.74, 6) is -0.227. The second-order valence-electron chi connectivity index (χ2n) is 9.09. The summed E-state index contributed by atoms with van der Waals surface area (Å²) >= 11 is 0. The van der Waals surface area contributed by atoms with E-state index < -0.39 is 12.1 Å². The van der Waals surface area contributed by atoms with Gasteiger partial charge in [0.15, 0.2) is 11.5 Å². The fourth-order valence-electron chi connectivity index (χ4n) is 4.99. The second-order valence-corrected chi connectivity index (χ2v) is 9.09. The Kier molecular flexibility index (Phi) is 6.81. The molecule has 3 heterocycles. The van der Waals surface area contributed by atoms with Gasteiger partial charge < -0.3 is 24.2 Å². The van der Waals surface area contributed by atoms with Crippen LogP contribution in [-0.4, -0.2) is 81.1 Å². The molecule has 2 amide bonds. The minimum absolute atomic E-state index is 0.0480. The fraction of sp³-hybridized carbons (Fsp3) is 0.333. The maximum absolute atomic E-state index is 14.0. The van der Waals surface area contributed by atoms with Gasteiger partial charge in [0, 0.05) is 31.6 Å². The Hall–Kier alpha value is -3.98. The van der Waals surface area contributed by atoms with Crippen molar-refractivity contribution in [3.8, 4) is 11.3 Å². The Bertz CT molecular complexity index is 1240. The molecule has 0 saturated carbocycles. The standard InChI is InChI=1S/C27H28N4O5/c32-23-11-14-36-17-22(23)31-18-28-24(25(31)20-9-5-2-6-10-20)26(33)30-13-12-29(27(34)35)16-21(30)15-19-7-3-1-4-8-19/h1-10,18,21-22H,11-17H2,(H,34,35)/t21-,22?/m1/s1. The van der Waals surface area contributed by atoms with Gasteiger partial charge in [-0.2, -0.15) is 0 Å². The van der Waals surface area contributed by atoms with Crippen molar-refractivity contribution in [1.82, 2.24) is 19.4 Å². The van der Waals surface area contributed by atoms with Gasteiger partial charge in [0.05, 0.1) is 31.3 Å². The van der Waals surface area contributed by atoms with Gasteiger partial charge in [0.25, 0.3) is 5.91 Å². The number of rotatable bonds is 5. The molecule has 1 aromatic heterocycles. The van der Waals surface area contributed by atoms with Crippen molar-refractivity contribution in [2.24, 2.45) is 0 Å². The molecular formula is C27H28N4O5. The maximum atomic E-state index is 14.0. The van der Waals surface area contributed by atoms with Crippen LogP contribution in [0.4, 0.5) is 4.79 Å². The number of carboxylic acid groups (broad SMARTS) is 1. The smallest absolute Gasteiger partial charge is 0.407 e. The molecular weight excluding hydrogens is 460 g/mol. The first-order valence-electron chi connectivity index (χ1n) is 12.1. The molecule has 0 radical (unpaired) electrons. The van der Waals surface area contributed by atoms with Crippen LogP contribution in [0.3, 0.4) is 0 Å². The van der Waals surface area contributed by atoms with E-state index in [4.69, 9.17) is 4.74 Å². The summed E-state index contributed by atoms with van der Waals surface area (Å²) in [4.78, 5) is 46.0. The van der Waals surface area contributed by atoms with E-state index >= 15 is 0 Å². The van der Waals surface area contributed by atoms with Crippen LogP contribution in [-0.2, 0) is 16.0 Å². The van der Waals surface area contributed by atoms with Crippen LogP contribution >= 0.6 is 0 Å². The lowest BCUT2D eigenvalue weighted by molar-refractivity contribution is -0.129. The summed E-state index contributed by atoms with van der Waals surface area (Å²) in [6, 6.07) is 18.3. The average molecular weight is 489 g/mol.